The van der Waals surface area contributed by atoms with Crippen LogP contribution >= 0.6 is 0 Å². The molecule has 1 aliphatic heterocycles. The molecule has 0 aromatic heterocycles. The summed E-state index contributed by atoms with van der Waals surface area (Å²) < 4.78 is 5.35. The van der Waals surface area contributed by atoms with Crippen molar-refractivity contribution < 1.29 is 14.6 Å². The Morgan fingerprint density at radius 1 is 1.57 bits per heavy atom. The fraction of sp³-hybridized carbons (Fsp3) is 0.900. The van der Waals surface area contributed by atoms with Crippen molar-refractivity contribution in [3.63, 3.8) is 0 Å². The third-order valence-corrected chi connectivity index (χ3v) is 2.73. The van der Waals surface area contributed by atoms with Gasteiger partial charge in [0.25, 0.3) is 0 Å². The predicted molar refractivity (Wildman–Crippen MR) is 52.8 cm³/mol. The van der Waals surface area contributed by atoms with Gasteiger partial charge in [-0.3, -0.25) is 9.69 Å². The highest BCUT2D eigenvalue weighted by Crippen LogP contribution is 2.28. The molecule has 4 nitrogen and oxygen atoms in total. The Hall–Kier alpha value is -0.450. The second kappa shape index (κ2) is 4.38. The lowest BCUT2D eigenvalue weighted by Gasteiger charge is -2.29. The number of hydrogen-bond acceptors (Lipinski definition) is 4. The van der Waals surface area contributed by atoms with Gasteiger partial charge >= 0.3 is 0 Å². The van der Waals surface area contributed by atoms with Gasteiger partial charge in [0.2, 0.25) is 0 Å². The molecule has 1 rings (SSSR count). The summed E-state index contributed by atoms with van der Waals surface area (Å²) in [7, 11) is 3.71. The summed E-state index contributed by atoms with van der Waals surface area (Å²) in [5.74, 6) is 0.308. The van der Waals surface area contributed by atoms with Crippen LogP contribution in [0, 0.1) is 5.92 Å². The van der Waals surface area contributed by atoms with Crippen LogP contribution in [0.1, 0.15) is 20.3 Å². The van der Waals surface area contributed by atoms with Crippen LogP contribution in [0.2, 0.25) is 0 Å². The number of Topliss-reactive ketones (excluding diaryl/α,β-unsaturated/α-hetero) is 1. The van der Waals surface area contributed by atoms with E-state index in [1.165, 1.54) is 0 Å². The number of aliphatic hydroxyl groups excluding tert-OH is 1. The number of nitrogens with zero attached hydrogens (tertiary/aromatic N) is 1. The Labute approximate surface area is 84.8 Å². The van der Waals surface area contributed by atoms with Gasteiger partial charge in [0.05, 0.1) is 12.1 Å². The maximum absolute atomic E-state index is 11.4. The summed E-state index contributed by atoms with van der Waals surface area (Å²) in [6.07, 6.45) is -0.281. The number of carbonyl (C=O) groups is 1. The first-order valence-corrected chi connectivity index (χ1v) is 4.94. The largest absolute Gasteiger partial charge is 0.368 e. The lowest BCUT2D eigenvalue weighted by atomic mass is 9.94. The van der Waals surface area contributed by atoms with Crippen LogP contribution in [0.4, 0.5) is 0 Å². The number of aliphatic hydroxyl groups is 1. The molecule has 82 valence electrons. The third-order valence-electron chi connectivity index (χ3n) is 2.73. The van der Waals surface area contributed by atoms with E-state index in [1.54, 1.807) is 6.92 Å². The number of ketones is 1. The number of rotatable bonds is 3. The molecule has 0 aromatic rings. The van der Waals surface area contributed by atoms with Gasteiger partial charge in [0.1, 0.15) is 5.78 Å². The molecule has 0 amide bonds. The van der Waals surface area contributed by atoms with Crippen molar-refractivity contribution >= 4 is 5.78 Å². The first-order chi connectivity index (χ1) is 6.43. The first kappa shape index (κ1) is 11.6. The second-order valence-corrected chi connectivity index (χ2v) is 4.29. The summed E-state index contributed by atoms with van der Waals surface area (Å²) >= 11 is 0. The molecule has 1 N–H and O–H groups in total. The monoisotopic (exact) mass is 201 g/mol. The van der Waals surface area contributed by atoms with Gasteiger partial charge in [-0.2, -0.15) is 0 Å². The molecule has 1 fully saturated rings. The van der Waals surface area contributed by atoms with E-state index in [0.29, 0.717) is 6.42 Å². The van der Waals surface area contributed by atoms with E-state index in [-0.39, 0.29) is 23.8 Å². The molecule has 2 unspecified atom stereocenters. The Kier molecular flexibility index (Phi) is 3.64. The minimum Gasteiger partial charge on any atom is -0.368 e. The van der Waals surface area contributed by atoms with Gasteiger partial charge in [0.15, 0.2) is 6.29 Å². The molecule has 0 radical (unpaired) electrons. The standard InChI is InChI=1S/C10H19NO3/c1-6-5-8(13)14-10(6)9(7(2)12)11(3)4/h6,8-10,13H,5H2,1-4H3/t6-,8?,9-,10?/m1/s1. The zero-order valence-corrected chi connectivity index (χ0v) is 9.23. The van der Waals surface area contributed by atoms with Crippen molar-refractivity contribution in [3.05, 3.63) is 0 Å². The van der Waals surface area contributed by atoms with Crippen molar-refractivity contribution in [2.24, 2.45) is 5.92 Å². The van der Waals surface area contributed by atoms with Gasteiger partial charge < -0.3 is 9.84 Å². The molecule has 1 heterocycles. The van der Waals surface area contributed by atoms with Gasteiger partial charge in [-0.1, -0.05) is 6.92 Å². The van der Waals surface area contributed by atoms with Crippen LogP contribution in [0.3, 0.4) is 0 Å². The fourth-order valence-corrected chi connectivity index (χ4v) is 2.10. The van der Waals surface area contributed by atoms with E-state index in [4.69, 9.17) is 4.74 Å². The molecular weight excluding hydrogens is 182 g/mol. The summed E-state index contributed by atoms with van der Waals surface area (Å²) in [5, 5.41) is 9.33. The number of likely N-dealkylation sites (N-methyl/N-ethyl adjacent to an activating group) is 1. The maximum Gasteiger partial charge on any atom is 0.155 e. The van der Waals surface area contributed by atoms with E-state index >= 15 is 0 Å². The summed E-state index contributed by atoms with van der Waals surface area (Å²) in [5.41, 5.74) is 0. The maximum atomic E-state index is 11.4. The highest BCUT2D eigenvalue weighted by Gasteiger charge is 2.39. The molecule has 4 atom stereocenters. The number of carbonyl (C=O) groups excluding carboxylic acids is 1. The fourth-order valence-electron chi connectivity index (χ4n) is 2.10. The van der Waals surface area contributed by atoms with Crippen LogP contribution < -0.4 is 0 Å². The summed E-state index contributed by atoms with van der Waals surface area (Å²) in [6.45, 7) is 3.56. The molecule has 0 aliphatic carbocycles. The van der Waals surface area contributed by atoms with E-state index in [1.807, 2.05) is 25.9 Å². The van der Waals surface area contributed by atoms with Crippen LogP contribution in [-0.2, 0) is 9.53 Å². The molecule has 1 saturated heterocycles. The number of hydrogen-bond donors (Lipinski definition) is 1. The lowest BCUT2D eigenvalue weighted by Crippen LogP contribution is -2.46. The molecule has 0 aromatic carbocycles. The summed E-state index contributed by atoms with van der Waals surface area (Å²) in [6, 6.07) is -0.248. The third kappa shape index (κ3) is 2.32. The van der Waals surface area contributed by atoms with Gasteiger partial charge in [0, 0.05) is 6.42 Å². The summed E-state index contributed by atoms with van der Waals surface area (Å²) in [4.78, 5) is 13.3. The van der Waals surface area contributed by atoms with E-state index in [2.05, 4.69) is 0 Å². The van der Waals surface area contributed by atoms with Crippen molar-refractivity contribution in [3.8, 4) is 0 Å². The van der Waals surface area contributed by atoms with E-state index in [9.17, 15) is 9.90 Å². The highest BCUT2D eigenvalue weighted by molar-refractivity contribution is 5.82. The zero-order chi connectivity index (χ0) is 10.9. The number of ether oxygens (including phenoxy) is 1. The van der Waals surface area contributed by atoms with Crippen molar-refractivity contribution in [1.82, 2.24) is 4.90 Å². The first-order valence-electron chi connectivity index (χ1n) is 4.94. The average molecular weight is 201 g/mol. The lowest BCUT2D eigenvalue weighted by molar-refractivity contribution is -0.137. The van der Waals surface area contributed by atoms with E-state index < -0.39 is 6.29 Å². The van der Waals surface area contributed by atoms with Crippen molar-refractivity contribution in [2.45, 2.75) is 38.7 Å². The smallest absolute Gasteiger partial charge is 0.155 e. The van der Waals surface area contributed by atoms with Gasteiger partial charge in [-0.05, 0) is 26.9 Å². The molecule has 0 saturated carbocycles. The Bertz CT molecular complexity index is 217. The molecule has 0 bridgehead atoms. The van der Waals surface area contributed by atoms with Crippen LogP contribution in [-0.4, -0.2) is 48.3 Å². The molecular formula is C10H19NO3. The Balaban J connectivity index is 2.74. The topological polar surface area (TPSA) is 49.8 Å². The van der Waals surface area contributed by atoms with Crippen LogP contribution in [0.5, 0.6) is 0 Å². The molecule has 14 heavy (non-hydrogen) atoms. The Morgan fingerprint density at radius 3 is 2.43 bits per heavy atom. The van der Waals surface area contributed by atoms with Crippen molar-refractivity contribution in [2.75, 3.05) is 14.1 Å². The molecule has 0 spiro atoms. The molecule has 1 aliphatic rings. The van der Waals surface area contributed by atoms with Crippen LogP contribution in [0.15, 0.2) is 0 Å². The second-order valence-electron chi connectivity index (χ2n) is 4.29. The SMILES string of the molecule is CC(=O)[C@H](C1OC(O)C[C@H]1C)N(C)C. The van der Waals surface area contributed by atoms with Gasteiger partial charge in [-0.25, -0.2) is 0 Å². The Morgan fingerprint density at radius 2 is 2.14 bits per heavy atom. The van der Waals surface area contributed by atoms with Gasteiger partial charge in [-0.15, -0.1) is 0 Å². The minimum absolute atomic E-state index is 0.0842. The average Bonchev–Trinajstić information content (AvgIpc) is 2.29. The quantitative estimate of drug-likeness (QED) is 0.711. The van der Waals surface area contributed by atoms with Crippen LogP contribution in [0.25, 0.3) is 0 Å². The zero-order valence-electron chi connectivity index (χ0n) is 9.23. The van der Waals surface area contributed by atoms with Crippen molar-refractivity contribution in [1.29, 1.82) is 0 Å². The minimum atomic E-state index is -0.711. The highest BCUT2D eigenvalue weighted by atomic mass is 16.6. The predicted octanol–water partition coefficient (Wildman–Crippen LogP) is 0.249. The normalized spacial score (nSPS) is 34.9. The molecule has 4 heteroatoms. The van der Waals surface area contributed by atoms with E-state index in [0.717, 1.165) is 0 Å².